The molecule has 0 aliphatic heterocycles. The van der Waals surface area contributed by atoms with Crippen LogP contribution in [0.3, 0.4) is 0 Å². The quantitative estimate of drug-likeness (QED) is 0.318. The minimum absolute atomic E-state index is 0.00563. The second-order valence-electron chi connectivity index (χ2n) is 7.24. The molecule has 10 nitrogen and oxygen atoms in total. The fourth-order valence-corrected chi connectivity index (χ4v) is 4.96. The highest BCUT2D eigenvalue weighted by Crippen LogP contribution is 2.34. The number of nitrogens with one attached hydrogen (secondary N) is 1. The van der Waals surface area contributed by atoms with Crippen LogP contribution in [0.25, 0.3) is 0 Å². The largest absolute Gasteiger partial charge is 0.486 e. The third-order valence-electron chi connectivity index (χ3n) is 4.91. The third-order valence-corrected chi connectivity index (χ3v) is 7.55. The van der Waals surface area contributed by atoms with E-state index in [1.807, 2.05) is 13.0 Å². The van der Waals surface area contributed by atoms with Gasteiger partial charge in [-0.3, -0.25) is 4.79 Å². The monoisotopic (exact) mass is 538 g/mol. The second kappa shape index (κ2) is 11.6. The Labute approximate surface area is 214 Å². The zero-order chi connectivity index (χ0) is 25.7. The maximum Gasteiger partial charge on any atom is 0.348 e. The van der Waals surface area contributed by atoms with Crippen molar-refractivity contribution in [2.45, 2.75) is 25.6 Å². The van der Waals surface area contributed by atoms with E-state index in [1.165, 1.54) is 14.2 Å². The van der Waals surface area contributed by atoms with Gasteiger partial charge in [0.15, 0.2) is 11.0 Å². The number of benzene rings is 1. The summed E-state index contributed by atoms with van der Waals surface area (Å²) in [6, 6.07) is 5.36. The summed E-state index contributed by atoms with van der Waals surface area (Å²) in [5, 5.41) is 12.3. The van der Waals surface area contributed by atoms with E-state index in [9.17, 15) is 14.4 Å². The molecule has 0 saturated heterocycles. The lowest BCUT2D eigenvalue weighted by Crippen LogP contribution is -2.16. The molecule has 3 rings (SSSR count). The van der Waals surface area contributed by atoms with Crippen LogP contribution < -0.4 is 10.1 Å². The molecule has 1 amide bonds. The van der Waals surface area contributed by atoms with Crippen LogP contribution in [0, 0.1) is 13.8 Å². The fourth-order valence-electron chi connectivity index (χ4n) is 2.98. The Hall–Kier alpha value is -3.09. The van der Waals surface area contributed by atoms with Crippen molar-refractivity contribution >= 4 is 57.5 Å². The van der Waals surface area contributed by atoms with Gasteiger partial charge in [0, 0.05) is 12.1 Å². The minimum atomic E-state index is -0.661. The summed E-state index contributed by atoms with van der Waals surface area (Å²) < 4.78 is 17.0. The van der Waals surface area contributed by atoms with E-state index in [1.54, 1.807) is 30.7 Å². The van der Waals surface area contributed by atoms with E-state index < -0.39 is 17.8 Å². The van der Waals surface area contributed by atoms with Crippen molar-refractivity contribution in [3.63, 3.8) is 0 Å². The number of carbonyl (C=O) groups is 3. The SMILES string of the molecule is COC(=O)c1sc(NC(=O)CSc2nnc(COc3ccc(Cl)c(C)c3)n2C)c(C(=O)OC)c1C. The molecule has 186 valence electrons. The number of thiophene rings is 1. The summed E-state index contributed by atoms with van der Waals surface area (Å²) >= 11 is 8.15. The van der Waals surface area contributed by atoms with Gasteiger partial charge in [-0.15, -0.1) is 21.5 Å². The number of aryl methyl sites for hydroxylation is 1. The average Bonchev–Trinajstić information content (AvgIpc) is 3.36. The molecule has 0 unspecified atom stereocenters. The Balaban J connectivity index is 1.64. The molecule has 0 bridgehead atoms. The lowest BCUT2D eigenvalue weighted by Gasteiger charge is -2.08. The van der Waals surface area contributed by atoms with E-state index in [0.717, 1.165) is 28.7 Å². The van der Waals surface area contributed by atoms with Crippen molar-refractivity contribution in [1.29, 1.82) is 0 Å². The lowest BCUT2D eigenvalue weighted by atomic mass is 10.1. The predicted molar refractivity (Wildman–Crippen MR) is 133 cm³/mol. The molecule has 0 fully saturated rings. The Bertz CT molecular complexity index is 1270. The van der Waals surface area contributed by atoms with Gasteiger partial charge in [0.1, 0.15) is 22.2 Å². The highest BCUT2D eigenvalue weighted by molar-refractivity contribution is 7.99. The number of rotatable bonds is 9. The van der Waals surface area contributed by atoms with Crippen molar-refractivity contribution in [2.75, 3.05) is 25.3 Å². The molecule has 0 radical (unpaired) electrons. The maximum absolute atomic E-state index is 12.6. The van der Waals surface area contributed by atoms with Gasteiger partial charge >= 0.3 is 11.9 Å². The number of hydrogen-bond donors (Lipinski definition) is 1. The summed E-state index contributed by atoms with van der Waals surface area (Å²) in [5.74, 6) is -0.433. The highest BCUT2D eigenvalue weighted by Gasteiger charge is 2.27. The van der Waals surface area contributed by atoms with Crippen molar-refractivity contribution < 1.29 is 28.6 Å². The molecule has 13 heteroatoms. The Morgan fingerprint density at radius 3 is 2.51 bits per heavy atom. The molecular formula is C22H23ClN4O6S2. The molecule has 1 aromatic carbocycles. The first-order valence-corrected chi connectivity index (χ1v) is 12.3. The number of halogens is 1. The standard InChI is InChI=1S/C22H23ClN4O6S2/c1-11-8-13(6-7-14(11)23)33-9-15-25-26-22(27(15)3)34-10-16(28)24-19-17(20(29)31-4)12(2)18(35-19)21(30)32-5/h6-8H,9-10H2,1-5H3,(H,24,28). The Morgan fingerprint density at radius 2 is 1.86 bits per heavy atom. The summed E-state index contributed by atoms with van der Waals surface area (Å²) in [5.41, 5.74) is 1.40. The van der Waals surface area contributed by atoms with Gasteiger partial charge in [-0.25, -0.2) is 9.59 Å². The van der Waals surface area contributed by atoms with Crippen molar-refractivity contribution in [2.24, 2.45) is 7.05 Å². The van der Waals surface area contributed by atoms with E-state index in [0.29, 0.717) is 27.3 Å². The van der Waals surface area contributed by atoms with Gasteiger partial charge in [0.25, 0.3) is 0 Å². The van der Waals surface area contributed by atoms with E-state index in [-0.39, 0.29) is 27.8 Å². The Morgan fingerprint density at radius 1 is 1.14 bits per heavy atom. The first-order valence-electron chi connectivity index (χ1n) is 10.2. The third kappa shape index (κ3) is 6.13. The van der Waals surface area contributed by atoms with Crippen LogP contribution in [0.5, 0.6) is 5.75 Å². The summed E-state index contributed by atoms with van der Waals surface area (Å²) in [4.78, 5) is 37.1. The molecular weight excluding hydrogens is 516 g/mol. The van der Waals surface area contributed by atoms with Gasteiger partial charge in [-0.05, 0) is 43.2 Å². The molecule has 2 aromatic heterocycles. The Kier molecular flexibility index (Phi) is 8.76. The predicted octanol–water partition coefficient (Wildman–Crippen LogP) is 4.03. The van der Waals surface area contributed by atoms with E-state index >= 15 is 0 Å². The highest BCUT2D eigenvalue weighted by atomic mass is 35.5. The number of aromatic nitrogens is 3. The van der Waals surface area contributed by atoms with Crippen molar-refractivity contribution in [3.05, 3.63) is 50.6 Å². The smallest absolute Gasteiger partial charge is 0.348 e. The molecule has 0 aliphatic rings. The number of hydrogen-bond acceptors (Lipinski definition) is 10. The summed E-state index contributed by atoms with van der Waals surface area (Å²) in [7, 11) is 4.24. The lowest BCUT2D eigenvalue weighted by molar-refractivity contribution is -0.113. The number of esters is 2. The molecule has 0 aliphatic carbocycles. The second-order valence-corrected chi connectivity index (χ2v) is 9.61. The van der Waals surface area contributed by atoms with Gasteiger partial charge in [-0.1, -0.05) is 23.4 Å². The number of ether oxygens (including phenoxy) is 3. The summed E-state index contributed by atoms with van der Waals surface area (Å²) in [6.45, 7) is 3.66. The average molecular weight is 539 g/mol. The zero-order valence-corrected chi connectivity index (χ0v) is 22.0. The topological polar surface area (TPSA) is 122 Å². The number of carbonyl (C=O) groups excluding carboxylic acids is 3. The number of methoxy groups -OCH3 is 2. The van der Waals surface area contributed by atoms with Crippen LogP contribution in [0.1, 0.15) is 37.0 Å². The normalized spacial score (nSPS) is 10.7. The van der Waals surface area contributed by atoms with Crippen molar-refractivity contribution in [1.82, 2.24) is 14.8 Å². The van der Waals surface area contributed by atoms with Gasteiger partial charge in [0.2, 0.25) is 5.91 Å². The summed E-state index contributed by atoms with van der Waals surface area (Å²) in [6.07, 6.45) is 0. The molecule has 35 heavy (non-hydrogen) atoms. The number of anilines is 1. The van der Waals surface area contributed by atoms with Crippen LogP contribution in [-0.4, -0.2) is 52.6 Å². The fraction of sp³-hybridized carbons (Fsp3) is 0.318. The number of thioether (sulfide) groups is 1. The van der Waals surface area contributed by atoms with E-state index in [2.05, 4.69) is 15.5 Å². The van der Waals surface area contributed by atoms with Gasteiger partial charge in [0.05, 0.1) is 25.5 Å². The zero-order valence-electron chi connectivity index (χ0n) is 19.6. The van der Waals surface area contributed by atoms with Crippen molar-refractivity contribution in [3.8, 4) is 5.75 Å². The molecule has 0 spiro atoms. The van der Waals surface area contributed by atoms with Crippen LogP contribution in [0.15, 0.2) is 23.4 Å². The molecule has 0 atom stereocenters. The number of nitrogens with zero attached hydrogens (tertiary/aromatic N) is 3. The van der Waals surface area contributed by atoms with Gasteiger partial charge < -0.3 is 24.1 Å². The first-order chi connectivity index (χ1) is 16.7. The van der Waals surface area contributed by atoms with Gasteiger partial charge in [-0.2, -0.15) is 0 Å². The maximum atomic E-state index is 12.6. The molecule has 0 saturated carbocycles. The molecule has 3 aromatic rings. The first kappa shape index (κ1) is 26.5. The van der Waals surface area contributed by atoms with Crippen LogP contribution in [0.2, 0.25) is 5.02 Å². The number of amides is 1. The van der Waals surface area contributed by atoms with E-state index in [4.69, 9.17) is 25.8 Å². The van der Waals surface area contributed by atoms with Crippen LogP contribution >= 0.6 is 34.7 Å². The minimum Gasteiger partial charge on any atom is -0.486 e. The van der Waals surface area contributed by atoms with Crippen LogP contribution in [-0.2, 0) is 27.9 Å². The molecule has 1 N–H and O–H groups in total. The van der Waals surface area contributed by atoms with Crippen LogP contribution in [0.4, 0.5) is 5.00 Å². The molecule has 2 heterocycles.